The molecule has 0 aliphatic carbocycles. The molecule has 1 aromatic heterocycles. The van der Waals surface area contributed by atoms with Crippen LogP contribution in [0.1, 0.15) is 18.5 Å². The Morgan fingerprint density at radius 2 is 2.20 bits per heavy atom. The van der Waals surface area contributed by atoms with Gasteiger partial charge >= 0.3 is 0 Å². The quantitative estimate of drug-likeness (QED) is 0.763. The van der Waals surface area contributed by atoms with Crippen LogP contribution in [0.15, 0.2) is 41.0 Å². The molecule has 1 aliphatic rings. The number of halogens is 2. The fourth-order valence-electron chi connectivity index (χ4n) is 2.75. The molecule has 1 fully saturated rings. The molecule has 0 spiro atoms. The summed E-state index contributed by atoms with van der Waals surface area (Å²) in [4.78, 5) is 22.9. The van der Waals surface area contributed by atoms with Crippen LogP contribution < -0.4 is 10.2 Å². The van der Waals surface area contributed by atoms with Gasteiger partial charge in [0, 0.05) is 12.7 Å². The maximum Gasteiger partial charge on any atom is 0.245 e. The van der Waals surface area contributed by atoms with Gasteiger partial charge in [-0.05, 0) is 40.0 Å². The zero-order valence-electron chi connectivity index (χ0n) is 13.7. The predicted molar refractivity (Wildman–Crippen MR) is 99.7 cm³/mol. The van der Waals surface area contributed by atoms with Gasteiger partial charge in [0.25, 0.3) is 0 Å². The summed E-state index contributed by atoms with van der Waals surface area (Å²) in [5, 5.41) is 3.19. The van der Waals surface area contributed by atoms with Gasteiger partial charge in [-0.15, -0.1) is 0 Å². The van der Waals surface area contributed by atoms with Crippen molar-refractivity contribution >= 4 is 39.3 Å². The molecule has 2 unspecified atom stereocenters. The Kier molecular flexibility index (Phi) is 5.88. The van der Waals surface area contributed by atoms with Crippen molar-refractivity contribution in [2.24, 2.45) is 0 Å². The third-order valence-corrected chi connectivity index (χ3v) is 4.80. The summed E-state index contributed by atoms with van der Waals surface area (Å²) in [6, 6.07) is 9.24. The highest BCUT2D eigenvalue weighted by molar-refractivity contribution is 9.10. The van der Waals surface area contributed by atoms with E-state index in [-0.39, 0.29) is 17.2 Å². The maximum atomic E-state index is 12.8. The van der Waals surface area contributed by atoms with Crippen LogP contribution in [0, 0.1) is 0 Å². The minimum Gasteiger partial charge on any atom is -0.377 e. The number of ether oxygens (including phenoxy) is 1. The number of amides is 1. The van der Waals surface area contributed by atoms with E-state index in [4.69, 9.17) is 16.3 Å². The van der Waals surface area contributed by atoms with E-state index in [1.807, 2.05) is 42.2 Å². The monoisotopic (exact) mass is 424 g/mol. The van der Waals surface area contributed by atoms with E-state index in [1.165, 1.54) is 0 Å². The first kappa shape index (κ1) is 18.1. The lowest BCUT2D eigenvalue weighted by atomic mass is 10.1. The highest BCUT2D eigenvalue weighted by Crippen LogP contribution is 2.27. The van der Waals surface area contributed by atoms with Gasteiger partial charge in [0.05, 0.1) is 23.7 Å². The van der Waals surface area contributed by atoms with Crippen molar-refractivity contribution in [2.75, 3.05) is 24.7 Å². The second-order valence-corrected chi connectivity index (χ2v) is 6.93. The van der Waals surface area contributed by atoms with Crippen molar-refractivity contribution in [1.29, 1.82) is 0 Å². The molecule has 2 aromatic rings. The standard InChI is InChI=1S/C17H18BrClN4O2/c1-11(12-5-3-2-4-6-12)21-16(24)14-10-25-8-7-23(14)15-13(18)9-20-17(19)22-15/h2-6,9,11,14H,7-8,10H2,1H3,(H,21,24). The molecule has 132 valence electrons. The number of anilines is 1. The Labute approximate surface area is 159 Å². The summed E-state index contributed by atoms with van der Waals surface area (Å²) in [6.07, 6.45) is 1.59. The minimum absolute atomic E-state index is 0.102. The SMILES string of the molecule is CC(NC(=O)C1COCCN1c1nc(Cl)ncc1Br)c1ccccc1. The smallest absolute Gasteiger partial charge is 0.245 e. The molecular formula is C17H18BrClN4O2. The first-order valence-electron chi connectivity index (χ1n) is 7.94. The Morgan fingerprint density at radius 1 is 1.44 bits per heavy atom. The van der Waals surface area contributed by atoms with Gasteiger partial charge in [-0.2, -0.15) is 4.98 Å². The van der Waals surface area contributed by atoms with Crippen LogP contribution in [0.25, 0.3) is 0 Å². The van der Waals surface area contributed by atoms with E-state index in [0.717, 1.165) is 5.56 Å². The lowest BCUT2D eigenvalue weighted by Crippen LogP contribution is -2.54. The summed E-state index contributed by atoms with van der Waals surface area (Å²) in [6.45, 7) is 3.32. The van der Waals surface area contributed by atoms with Gasteiger partial charge in [-0.1, -0.05) is 30.3 Å². The Balaban J connectivity index is 1.78. The van der Waals surface area contributed by atoms with Crippen LogP contribution in [-0.2, 0) is 9.53 Å². The molecule has 1 N–H and O–H groups in total. The molecule has 6 nitrogen and oxygen atoms in total. The zero-order valence-corrected chi connectivity index (χ0v) is 16.0. The van der Waals surface area contributed by atoms with Crippen molar-refractivity contribution in [3.63, 3.8) is 0 Å². The van der Waals surface area contributed by atoms with Gasteiger partial charge in [0.1, 0.15) is 11.9 Å². The molecule has 0 saturated carbocycles. The minimum atomic E-state index is -0.484. The van der Waals surface area contributed by atoms with Crippen molar-refractivity contribution in [3.8, 4) is 0 Å². The van der Waals surface area contributed by atoms with Crippen molar-refractivity contribution in [3.05, 3.63) is 51.8 Å². The molecule has 8 heteroatoms. The fraction of sp³-hybridized carbons (Fsp3) is 0.353. The molecule has 1 aliphatic heterocycles. The average Bonchev–Trinajstić information content (AvgIpc) is 2.64. The van der Waals surface area contributed by atoms with E-state index < -0.39 is 6.04 Å². The zero-order chi connectivity index (χ0) is 17.8. The van der Waals surface area contributed by atoms with Crippen LogP contribution in [0.5, 0.6) is 0 Å². The summed E-state index contributed by atoms with van der Waals surface area (Å²) >= 11 is 9.36. The number of morpholine rings is 1. The molecule has 0 bridgehead atoms. The van der Waals surface area contributed by atoms with Gasteiger partial charge in [0.15, 0.2) is 0 Å². The summed E-state index contributed by atoms with van der Waals surface area (Å²) in [5.41, 5.74) is 1.05. The molecule has 3 rings (SSSR count). The number of nitrogens with one attached hydrogen (secondary N) is 1. The number of nitrogens with zero attached hydrogens (tertiary/aromatic N) is 3. The number of hydrogen-bond acceptors (Lipinski definition) is 5. The molecule has 1 saturated heterocycles. The topological polar surface area (TPSA) is 67.3 Å². The summed E-state index contributed by atoms with van der Waals surface area (Å²) in [7, 11) is 0. The normalized spacial score (nSPS) is 18.7. The van der Waals surface area contributed by atoms with E-state index in [9.17, 15) is 4.79 Å². The average molecular weight is 426 g/mol. The highest BCUT2D eigenvalue weighted by Gasteiger charge is 2.32. The molecule has 2 atom stereocenters. The molecular weight excluding hydrogens is 408 g/mol. The van der Waals surface area contributed by atoms with Gasteiger partial charge in [0.2, 0.25) is 11.2 Å². The second kappa shape index (κ2) is 8.12. The third kappa shape index (κ3) is 4.29. The molecule has 0 radical (unpaired) electrons. The lowest BCUT2D eigenvalue weighted by Gasteiger charge is -2.36. The van der Waals surface area contributed by atoms with Gasteiger partial charge in [-0.3, -0.25) is 4.79 Å². The summed E-state index contributed by atoms with van der Waals surface area (Å²) in [5.74, 6) is 0.480. The molecule has 2 heterocycles. The fourth-order valence-corrected chi connectivity index (χ4v) is 3.30. The first-order valence-corrected chi connectivity index (χ1v) is 9.11. The first-order chi connectivity index (χ1) is 12.1. The third-order valence-electron chi connectivity index (χ3n) is 4.06. The Morgan fingerprint density at radius 3 is 2.96 bits per heavy atom. The maximum absolute atomic E-state index is 12.8. The Hall–Kier alpha value is -1.70. The number of benzene rings is 1. The Bertz CT molecular complexity index is 747. The molecule has 1 aromatic carbocycles. The van der Waals surface area contributed by atoms with E-state index in [1.54, 1.807) is 6.20 Å². The van der Waals surface area contributed by atoms with Crippen molar-refractivity contribution < 1.29 is 9.53 Å². The van der Waals surface area contributed by atoms with E-state index in [0.29, 0.717) is 30.0 Å². The number of carbonyl (C=O) groups excluding carboxylic acids is 1. The van der Waals surface area contributed by atoms with Gasteiger partial charge in [-0.25, -0.2) is 4.98 Å². The van der Waals surface area contributed by atoms with E-state index >= 15 is 0 Å². The second-order valence-electron chi connectivity index (χ2n) is 5.74. The van der Waals surface area contributed by atoms with Crippen molar-refractivity contribution in [1.82, 2.24) is 15.3 Å². The number of rotatable bonds is 4. The molecule has 1 amide bonds. The van der Waals surface area contributed by atoms with Crippen LogP contribution in [0.3, 0.4) is 0 Å². The largest absolute Gasteiger partial charge is 0.377 e. The van der Waals surface area contributed by atoms with Crippen LogP contribution in [-0.4, -0.2) is 41.7 Å². The predicted octanol–water partition coefficient (Wildman–Crippen LogP) is 2.98. The summed E-state index contributed by atoms with van der Waals surface area (Å²) < 4.78 is 6.21. The molecule has 25 heavy (non-hydrogen) atoms. The number of hydrogen-bond donors (Lipinski definition) is 1. The van der Waals surface area contributed by atoms with Crippen LogP contribution in [0.4, 0.5) is 5.82 Å². The van der Waals surface area contributed by atoms with Crippen LogP contribution >= 0.6 is 27.5 Å². The van der Waals surface area contributed by atoms with Crippen LogP contribution in [0.2, 0.25) is 5.28 Å². The van der Waals surface area contributed by atoms with Gasteiger partial charge < -0.3 is 15.0 Å². The lowest BCUT2D eigenvalue weighted by molar-refractivity contribution is -0.125. The van der Waals surface area contributed by atoms with Crippen molar-refractivity contribution in [2.45, 2.75) is 19.0 Å². The highest BCUT2D eigenvalue weighted by atomic mass is 79.9. The number of carbonyl (C=O) groups is 1. The number of aromatic nitrogens is 2. The van der Waals surface area contributed by atoms with E-state index in [2.05, 4.69) is 31.2 Å².